The second kappa shape index (κ2) is 7.99. The maximum atomic E-state index is 11.2. The number of hydrogen-bond acceptors (Lipinski definition) is 4. The lowest BCUT2D eigenvalue weighted by Gasteiger charge is -2.12. The number of hydrogen-bond donors (Lipinski definition) is 2. The van der Waals surface area contributed by atoms with Gasteiger partial charge in [0.05, 0.1) is 13.2 Å². The zero-order valence-electron chi connectivity index (χ0n) is 9.21. The average Bonchev–Trinajstić information content (AvgIpc) is 2.18. The highest BCUT2D eigenvalue weighted by Crippen LogP contribution is 1.87. The SMILES string of the molecule is C=CCNCC(=O)NC(C)C(=O)OCC. The Morgan fingerprint density at radius 2 is 2.20 bits per heavy atom. The van der Waals surface area contributed by atoms with Gasteiger partial charge in [-0.3, -0.25) is 4.79 Å². The van der Waals surface area contributed by atoms with Crippen molar-refractivity contribution in [1.82, 2.24) is 10.6 Å². The van der Waals surface area contributed by atoms with Gasteiger partial charge >= 0.3 is 5.97 Å². The molecular formula is C10H18N2O3. The topological polar surface area (TPSA) is 67.4 Å². The zero-order chi connectivity index (χ0) is 11.7. The summed E-state index contributed by atoms with van der Waals surface area (Å²) in [5.74, 6) is -0.660. The second-order valence-corrected chi connectivity index (χ2v) is 2.96. The van der Waals surface area contributed by atoms with Gasteiger partial charge in [0.2, 0.25) is 5.91 Å². The Morgan fingerprint density at radius 1 is 1.53 bits per heavy atom. The van der Waals surface area contributed by atoms with Crippen molar-refractivity contribution in [2.45, 2.75) is 19.9 Å². The van der Waals surface area contributed by atoms with Crippen LogP contribution < -0.4 is 10.6 Å². The van der Waals surface area contributed by atoms with E-state index in [-0.39, 0.29) is 12.5 Å². The molecule has 1 unspecified atom stereocenters. The van der Waals surface area contributed by atoms with Crippen molar-refractivity contribution in [2.75, 3.05) is 19.7 Å². The molecule has 0 aromatic heterocycles. The molecule has 1 atom stereocenters. The summed E-state index contributed by atoms with van der Waals surface area (Å²) in [6.07, 6.45) is 1.65. The molecule has 0 heterocycles. The normalized spacial score (nSPS) is 11.6. The summed E-state index contributed by atoms with van der Waals surface area (Å²) >= 11 is 0. The first-order valence-corrected chi connectivity index (χ1v) is 4.89. The highest BCUT2D eigenvalue weighted by molar-refractivity contribution is 5.85. The molecule has 0 aromatic rings. The number of esters is 1. The smallest absolute Gasteiger partial charge is 0.328 e. The summed E-state index contributed by atoms with van der Waals surface area (Å²) < 4.78 is 4.74. The second-order valence-electron chi connectivity index (χ2n) is 2.96. The molecule has 0 spiro atoms. The van der Waals surface area contributed by atoms with E-state index < -0.39 is 12.0 Å². The van der Waals surface area contributed by atoms with Crippen molar-refractivity contribution in [3.8, 4) is 0 Å². The lowest BCUT2D eigenvalue weighted by atomic mass is 10.3. The minimum Gasteiger partial charge on any atom is -0.464 e. The Balaban J connectivity index is 3.75. The van der Waals surface area contributed by atoms with Gasteiger partial charge < -0.3 is 15.4 Å². The molecule has 0 fully saturated rings. The average molecular weight is 214 g/mol. The van der Waals surface area contributed by atoms with Crippen molar-refractivity contribution in [2.24, 2.45) is 0 Å². The zero-order valence-corrected chi connectivity index (χ0v) is 9.21. The number of nitrogens with one attached hydrogen (secondary N) is 2. The molecule has 0 radical (unpaired) electrons. The third-order valence-electron chi connectivity index (χ3n) is 1.59. The van der Waals surface area contributed by atoms with Crippen LogP contribution in [0.1, 0.15) is 13.8 Å². The highest BCUT2D eigenvalue weighted by atomic mass is 16.5. The molecule has 2 N–H and O–H groups in total. The molecule has 0 bridgehead atoms. The standard InChI is InChI=1S/C10H18N2O3/c1-4-6-11-7-9(13)12-8(3)10(14)15-5-2/h4,8,11H,1,5-7H2,2-3H3,(H,12,13). The fourth-order valence-electron chi connectivity index (χ4n) is 0.906. The maximum Gasteiger partial charge on any atom is 0.328 e. The van der Waals surface area contributed by atoms with Crippen LogP contribution in [-0.2, 0) is 14.3 Å². The largest absolute Gasteiger partial charge is 0.464 e. The molecule has 86 valence electrons. The van der Waals surface area contributed by atoms with Crippen LogP contribution in [0.5, 0.6) is 0 Å². The van der Waals surface area contributed by atoms with Crippen LogP contribution in [0, 0.1) is 0 Å². The molecule has 0 saturated heterocycles. The lowest BCUT2D eigenvalue weighted by molar-refractivity contribution is -0.146. The summed E-state index contributed by atoms with van der Waals surface area (Å²) in [5, 5.41) is 5.34. The van der Waals surface area contributed by atoms with Crippen LogP contribution in [0.15, 0.2) is 12.7 Å². The first kappa shape index (κ1) is 13.6. The number of ether oxygens (including phenoxy) is 1. The molecule has 0 aromatic carbocycles. The third-order valence-corrected chi connectivity index (χ3v) is 1.59. The third kappa shape index (κ3) is 6.68. The number of carbonyl (C=O) groups is 2. The quantitative estimate of drug-likeness (QED) is 0.351. The molecule has 15 heavy (non-hydrogen) atoms. The molecule has 0 saturated carbocycles. The molecule has 5 nitrogen and oxygen atoms in total. The van der Waals surface area contributed by atoms with E-state index in [1.807, 2.05) is 0 Å². The van der Waals surface area contributed by atoms with Crippen LogP contribution in [-0.4, -0.2) is 37.6 Å². The van der Waals surface area contributed by atoms with E-state index in [9.17, 15) is 9.59 Å². The van der Waals surface area contributed by atoms with Crippen LogP contribution in [0.25, 0.3) is 0 Å². The van der Waals surface area contributed by atoms with Crippen molar-refractivity contribution in [3.63, 3.8) is 0 Å². The highest BCUT2D eigenvalue weighted by Gasteiger charge is 2.15. The van der Waals surface area contributed by atoms with E-state index in [0.29, 0.717) is 13.2 Å². The van der Waals surface area contributed by atoms with Gasteiger partial charge in [0, 0.05) is 6.54 Å². The predicted octanol–water partition coefficient (Wildman–Crippen LogP) is -0.170. The maximum absolute atomic E-state index is 11.2. The molecule has 1 amide bonds. The van der Waals surface area contributed by atoms with Crippen LogP contribution >= 0.6 is 0 Å². The Hall–Kier alpha value is -1.36. The van der Waals surface area contributed by atoms with Crippen molar-refractivity contribution >= 4 is 11.9 Å². The fraction of sp³-hybridized carbons (Fsp3) is 0.600. The summed E-state index contributed by atoms with van der Waals surface area (Å²) in [6, 6.07) is -0.608. The van der Waals surface area contributed by atoms with Gasteiger partial charge in [-0.05, 0) is 13.8 Å². The molecule has 0 aliphatic carbocycles. The molecule has 0 rings (SSSR count). The predicted molar refractivity (Wildman–Crippen MR) is 57.3 cm³/mol. The Bertz CT molecular complexity index is 229. The molecule has 0 aliphatic heterocycles. The summed E-state index contributed by atoms with van der Waals surface area (Å²) in [5.41, 5.74) is 0. The van der Waals surface area contributed by atoms with Crippen molar-refractivity contribution in [3.05, 3.63) is 12.7 Å². The number of carbonyl (C=O) groups excluding carboxylic acids is 2. The van der Waals surface area contributed by atoms with Crippen LogP contribution in [0.2, 0.25) is 0 Å². The van der Waals surface area contributed by atoms with Gasteiger partial charge in [0.25, 0.3) is 0 Å². The van der Waals surface area contributed by atoms with Crippen LogP contribution in [0.3, 0.4) is 0 Å². The minimum atomic E-state index is -0.608. The minimum absolute atomic E-state index is 0.162. The molecule has 5 heteroatoms. The van der Waals surface area contributed by atoms with Crippen LogP contribution in [0.4, 0.5) is 0 Å². The first-order valence-electron chi connectivity index (χ1n) is 4.89. The molecule has 0 aliphatic rings. The van der Waals surface area contributed by atoms with Gasteiger partial charge in [0.15, 0.2) is 0 Å². The summed E-state index contributed by atoms with van der Waals surface area (Å²) in [4.78, 5) is 22.4. The lowest BCUT2D eigenvalue weighted by Crippen LogP contribution is -2.43. The summed E-state index contributed by atoms with van der Waals surface area (Å²) in [7, 11) is 0. The van der Waals surface area contributed by atoms with Crippen molar-refractivity contribution in [1.29, 1.82) is 0 Å². The Labute approximate surface area is 89.9 Å². The molecular weight excluding hydrogens is 196 g/mol. The van der Waals surface area contributed by atoms with Gasteiger partial charge in [-0.25, -0.2) is 4.79 Å². The monoisotopic (exact) mass is 214 g/mol. The Morgan fingerprint density at radius 3 is 2.73 bits per heavy atom. The number of amides is 1. The number of rotatable bonds is 7. The van der Waals surface area contributed by atoms with Gasteiger partial charge in [-0.1, -0.05) is 6.08 Å². The van der Waals surface area contributed by atoms with E-state index in [4.69, 9.17) is 4.74 Å². The van der Waals surface area contributed by atoms with Gasteiger partial charge in [-0.2, -0.15) is 0 Å². The van der Waals surface area contributed by atoms with E-state index in [2.05, 4.69) is 17.2 Å². The first-order chi connectivity index (χ1) is 7.11. The summed E-state index contributed by atoms with van der Waals surface area (Å²) in [6.45, 7) is 7.84. The van der Waals surface area contributed by atoms with Gasteiger partial charge in [-0.15, -0.1) is 6.58 Å². The van der Waals surface area contributed by atoms with Crippen molar-refractivity contribution < 1.29 is 14.3 Å². The van der Waals surface area contributed by atoms with E-state index >= 15 is 0 Å². The fourth-order valence-corrected chi connectivity index (χ4v) is 0.906. The van der Waals surface area contributed by atoms with E-state index in [0.717, 1.165) is 0 Å². The Kier molecular flexibility index (Phi) is 7.27. The van der Waals surface area contributed by atoms with E-state index in [1.165, 1.54) is 0 Å². The van der Waals surface area contributed by atoms with E-state index in [1.54, 1.807) is 19.9 Å². The van der Waals surface area contributed by atoms with Gasteiger partial charge in [0.1, 0.15) is 6.04 Å².